The lowest BCUT2D eigenvalue weighted by Crippen LogP contribution is -2.54. The molecule has 2 amide bonds. The van der Waals surface area contributed by atoms with Gasteiger partial charge in [0.05, 0.1) is 11.0 Å². The lowest BCUT2D eigenvalue weighted by Gasteiger charge is -2.41. The summed E-state index contributed by atoms with van der Waals surface area (Å²) in [4.78, 5) is 40.3. The Hall–Kier alpha value is -3.16. The van der Waals surface area contributed by atoms with Gasteiger partial charge in [-0.3, -0.25) is 19.7 Å². The summed E-state index contributed by atoms with van der Waals surface area (Å²) in [6.07, 6.45) is 1.97. The molecule has 1 aromatic carbocycles. The van der Waals surface area contributed by atoms with Crippen LogP contribution in [0.2, 0.25) is 0 Å². The first-order valence-corrected chi connectivity index (χ1v) is 10.5. The van der Waals surface area contributed by atoms with E-state index in [9.17, 15) is 19.7 Å². The Bertz CT molecular complexity index is 972. The molecule has 1 aliphatic rings. The van der Waals surface area contributed by atoms with E-state index in [4.69, 9.17) is 0 Å². The number of nitro groups is 1. The molecule has 8 nitrogen and oxygen atoms in total. The highest BCUT2D eigenvalue weighted by atomic mass is 16.6. The first-order valence-electron chi connectivity index (χ1n) is 10.5. The maximum atomic E-state index is 13.5. The second-order valence-electron chi connectivity index (χ2n) is 9.21. The molecule has 1 atom stereocenters. The number of hydrogen-bond acceptors (Lipinski definition) is 4. The van der Waals surface area contributed by atoms with E-state index in [1.165, 1.54) is 12.1 Å². The van der Waals surface area contributed by atoms with Gasteiger partial charge in [0, 0.05) is 48.6 Å². The van der Waals surface area contributed by atoms with Gasteiger partial charge >= 0.3 is 0 Å². The number of non-ortho nitro benzene ring substituents is 1. The van der Waals surface area contributed by atoms with Gasteiger partial charge in [-0.15, -0.1) is 0 Å². The topological polar surface area (TPSA) is 88.7 Å². The molecule has 0 saturated carbocycles. The Labute approximate surface area is 182 Å². The van der Waals surface area contributed by atoms with Gasteiger partial charge in [-0.2, -0.15) is 0 Å². The van der Waals surface area contributed by atoms with Crippen molar-refractivity contribution in [1.82, 2.24) is 14.4 Å². The molecular formula is C23H30N4O4. The van der Waals surface area contributed by atoms with Gasteiger partial charge in [0.25, 0.3) is 5.69 Å². The van der Waals surface area contributed by atoms with E-state index >= 15 is 0 Å². The fraction of sp³-hybridized carbons (Fsp3) is 0.478. The average Bonchev–Trinajstić information content (AvgIpc) is 3.18. The Morgan fingerprint density at radius 1 is 1.16 bits per heavy atom. The zero-order chi connectivity index (χ0) is 22.9. The summed E-state index contributed by atoms with van der Waals surface area (Å²) in [5, 5.41) is 11.1. The van der Waals surface area contributed by atoms with Crippen molar-refractivity contribution in [3.05, 3.63) is 64.0 Å². The molecule has 1 aromatic heterocycles. The van der Waals surface area contributed by atoms with Gasteiger partial charge < -0.3 is 14.4 Å². The molecule has 8 heteroatoms. The second kappa shape index (κ2) is 8.53. The first kappa shape index (κ1) is 22.5. The van der Waals surface area contributed by atoms with E-state index in [1.54, 1.807) is 21.9 Å². The normalized spacial score (nSPS) is 16.2. The number of nitro benzene ring substituents is 1. The Morgan fingerprint density at radius 2 is 1.81 bits per heavy atom. The van der Waals surface area contributed by atoms with Gasteiger partial charge in [-0.25, -0.2) is 0 Å². The van der Waals surface area contributed by atoms with E-state index in [1.807, 2.05) is 52.9 Å². The highest BCUT2D eigenvalue weighted by Crippen LogP contribution is 2.33. The Kier molecular flexibility index (Phi) is 6.20. The fourth-order valence-electron chi connectivity index (χ4n) is 3.96. The molecule has 31 heavy (non-hydrogen) atoms. The summed E-state index contributed by atoms with van der Waals surface area (Å²) < 4.78 is 2.09. The van der Waals surface area contributed by atoms with Crippen LogP contribution in [0.25, 0.3) is 0 Å². The minimum atomic E-state index is -0.490. The van der Waals surface area contributed by atoms with Gasteiger partial charge in [0.15, 0.2) is 0 Å². The van der Waals surface area contributed by atoms with Crippen LogP contribution in [0.5, 0.6) is 0 Å². The van der Waals surface area contributed by atoms with Gasteiger partial charge in [0.1, 0.15) is 6.54 Å². The predicted octanol–water partition coefficient (Wildman–Crippen LogP) is 3.61. The van der Waals surface area contributed by atoms with Gasteiger partial charge in [0.2, 0.25) is 11.8 Å². The zero-order valence-electron chi connectivity index (χ0n) is 18.7. The van der Waals surface area contributed by atoms with Crippen LogP contribution in [-0.2, 0) is 16.1 Å². The number of aromatic nitrogens is 1. The van der Waals surface area contributed by atoms with Crippen molar-refractivity contribution in [3.63, 3.8) is 0 Å². The van der Waals surface area contributed by atoms with Gasteiger partial charge in [-0.1, -0.05) is 13.8 Å². The number of carbonyl (C=O) groups excluding carboxylic acids is 2. The summed E-state index contributed by atoms with van der Waals surface area (Å²) >= 11 is 0. The number of benzene rings is 1. The van der Waals surface area contributed by atoms with Crippen LogP contribution in [-0.4, -0.2) is 49.7 Å². The maximum absolute atomic E-state index is 13.5. The van der Waals surface area contributed by atoms with Crippen LogP contribution < -0.4 is 0 Å². The molecule has 1 aliphatic heterocycles. The van der Waals surface area contributed by atoms with E-state index in [2.05, 4.69) is 4.57 Å². The first-order chi connectivity index (χ1) is 14.5. The molecule has 0 saturated heterocycles. The molecule has 0 spiro atoms. The molecule has 0 fully saturated rings. The molecule has 2 heterocycles. The summed E-state index contributed by atoms with van der Waals surface area (Å²) in [6.45, 7) is 10.6. The highest BCUT2D eigenvalue weighted by Gasteiger charge is 2.36. The predicted molar refractivity (Wildman–Crippen MR) is 117 cm³/mol. The van der Waals surface area contributed by atoms with Crippen LogP contribution in [0.1, 0.15) is 51.9 Å². The maximum Gasteiger partial charge on any atom is 0.269 e. The summed E-state index contributed by atoms with van der Waals surface area (Å²) in [6, 6.07) is 9.86. The number of carbonyl (C=O) groups is 2. The van der Waals surface area contributed by atoms with Crippen molar-refractivity contribution in [3.8, 4) is 0 Å². The summed E-state index contributed by atoms with van der Waals surface area (Å²) in [5.74, 6) is -0.413. The Morgan fingerprint density at radius 3 is 2.35 bits per heavy atom. The Balaban J connectivity index is 1.95. The minimum Gasteiger partial charge on any atom is -0.348 e. The quantitative estimate of drug-likeness (QED) is 0.540. The molecular weight excluding hydrogens is 396 g/mol. The van der Waals surface area contributed by atoms with Crippen LogP contribution in [0.15, 0.2) is 42.6 Å². The summed E-state index contributed by atoms with van der Waals surface area (Å²) in [7, 11) is 0. The van der Waals surface area contributed by atoms with Gasteiger partial charge in [-0.05, 0) is 50.6 Å². The van der Waals surface area contributed by atoms with Crippen LogP contribution in [0, 0.1) is 16.0 Å². The van der Waals surface area contributed by atoms with Crippen LogP contribution >= 0.6 is 0 Å². The van der Waals surface area contributed by atoms with E-state index in [0.717, 1.165) is 11.3 Å². The lowest BCUT2D eigenvalue weighted by molar-refractivity contribution is -0.384. The largest absolute Gasteiger partial charge is 0.348 e. The van der Waals surface area contributed by atoms with Crippen LogP contribution in [0.3, 0.4) is 0 Å². The third kappa shape index (κ3) is 4.62. The summed E-state index contributed by atoms with van der Waals surface area (Å²) in [5.41, 5.74) is 1.27. The molecule has 2 aromatic rings. The molecule has 0 aliphatic carbocycles. The van der Waals surface area contributed by atoms with E-state index in [-0.39, 0.29) is 36.0 Å². The monoisotopic (exact) mass is 426 g/mol. The molecule has 166 valence electrons. The number of rotatable bonds is 5. The molecule has 0 N–H and O–H groups in total. The van der Waals surface area contributed by atoms with Crippen molar-refractivity contribution < 1.29 is 14.5 Å². The SMILES string of the molecule is CC(C)C(=O)N(CC(=O)N1CCn2cccc2[C@H]1c1ccc([N+](=O)[O-])cc1)C(C)(C)C. The van der Waals surface area contributed by atoms with E-state index in [0.29, 0.717) is 13.1 Å². The van der Waals surface area contributed by atoms with Crippen molar-refractivity contribution in [1.29, 1.82) is 0 Å². The third-order valence-corrected chi connectivity index (χ3v) is 5.64. The van der Waals surface area contributed by atoms with Crippen molar-refractivity contribution in [2.75, 3.05) is 13.1 Å². The third-order valence-electron chi connectivity index (χ3n) is 5.64. The average molecular weight is 427 g/mol. The smallest absolute Gasteiger partial charge is 0.269 e. The van der Waals surface area contributed by atoms with Crippen molar-refractivity contribution in [2.24, 2.45) is 5.92 Å². The number of fused-ring (bicyclic) bond motifs is 1. The standard InChI is InChI=1S/C23H30N4O4/c1-16(2)22(29)26(23(3,4)5)15-20(28)25-14-13-24-12-6-7-19(24)21(25)17-8-10-18(11-9-17)27(30)31/h6-12,16,21H,13-15H2,1-5H3/t21-/m1/s1. The minimum absolute atomic E-state index is 0.00857. The van der Waals surface area contributed by atoms with E-state index < -0.39 is 10.5 Å². The van der Waals surface area contributed by atoms with Crippen LogP contribution in [0.4, 0.5) is 5.69 Å². The fourth-order valence-corrected chi connectivity index (χ4v) is 3.96. The zero-order valence-corrected chi connectivity index (χ0v) is 18.7. The molecule has 0 radical (unpaired) electrons. The van der Waals surface area contributed by atoms with Crippen molar-refractivity contribution in [2.45, 2.75) is 52.7 Å². The van der Waals surface area contributed by atoms with Crippen molar-refractivity contribution >= 4 is 17.5 Å². The molecule has 3 rings (SSSR count). The number of hydrogen-bond donors (Lipinski definition) is 0. The lowest BCUT2D eigenvalue weighted by atomic mass is 9.98. The molecule has 0 bridgehead atoms. The number of amides is 2. The molecule has 0 unspecified atom stereocenters. The highest BCUT2D eigenvalue weighted by molar-refractivity contribution is 5.86. The second-order valence-corrected chi connectivity index (χ2v) is 9.21. The number of nitrogens with zero attached hydrogens (tertiary/aromatic N) is 4.